The van der Waals surface area contributed by atoms with Crippen LogP contribution >= 0.6 is 0 Å². The second-order valence-electron chi connectivity index (χ2n) is 6.53. The first kappa shape index (κ1) is 17.3. The summed E-state index contributed by atoms with van der Waals surface area (Å²) in [5.74, 6) is -0.723. The Labute approximate surface area is 138 Å². The van der Waals surface area contributed by atoms with E-state index < -0.39 is 17.8 Å². The molecule has 5 nitrogen and oxygen atoms in total. The van der Waals surface area contributed by atoms with Crippen molar-refractivity contribution in [1.29, 1.82) is 0 Å². The quantitative estimate of drug-likeness (QED) is 0.911. The van der Waals surface area contributed by atoms with Crippen molar-refractivity contribution in [1.82, 2.24) is 15.1 Å². The van der Waals surface area contributed by atoms with Crippen LogP contribution in [0.5, 0.6) is 0 Å². The highest BCUT2D eigenvalue weighted by molar-refractivity contribution is 5.96. The average molecular weight is 345 g/mol. The molecule has 1 unspecified atom stereocenters. The van der Waals surface area contributed by atoms with Gasteiger partial charge in [0.15, 0.2) is 5.69 Å². The fourth-order valence-electron chi connectivity index (χ4n) is 3.59. The zero-order chi connectivity index (χ0) is 17.3. The van der Waals surface area contributed by atoms with Gasteiger partial charge in [-0.2, -0.15) is 18.3 Å². The van der Waals surface area contributed by atoms with Crippen LogP contribution in [-0.2, 0) is 10.9 Å². The lowest BCUT2D eigenvalue weighted by molar-refractivity contribution is -0.141. The van der Waals surface area contributed by atoms with E-state index in [4.69, 9.17) is 4.74 Å². The van der Waals surface area contributed by atoms with Gasteiger partial charge in [-0.25, -0.2) is 0 Å². The zero-order valence-corrected chi connectivity index (χ0v) is 13.7. The molecule has 0 radical (unpaired) electrons. The minimum atomic E-state index is -4.65. The highest BCUT2D eigenvalue weighted by Gasteiger charge is 2.41. The van der Waals surface area contributed by atoms with E-state index in [2.05, 4.69) is 10.4 Å². The molecule has 1 saturated carbocycles. The molecule has 3 rings (SSSR count). The van der Waals surface area contributed by atoms with Gasteiger partial charge in [-0.15, -0.1) is 0 Å². The molecule has 8 heteroatoms. The molecule has 2 heterocycles. The molecule has 1 aliphatic carbocycles. The van der Waals surface area contributed by atoms with Crippen molar-refractivity contribution in [3.05, 3.63) is 17.0 Å². The number of aromatic nitrogens is 2. The van der Waals surface area contributed by atoms with Crippen molar-refractivity contribution in [2.75, 3.05) is 13.2 Å². The zero-order valence-electron chi connectivity index (χ0n) is 13.7. The van der Waals surface area contributed by atoms with Crippen molar-refractivity contribution >= 4 is 5.91 Å². The van der Waals surface area contributed by atoms with Crippen LogP contribution in [0.4, 0.5) is 13.2 Å². The van der Waals surface area contributed by atoms with E-state index in [1.165, 1.54) is 4.68 Å². The summed E-state index contributed by atoms with van der Waals surface area (Å²) in [7, 11) is 0. The Morgan fingerprint density at radius 3 is 2.58 bits per heavy atom. The van der Waals surface area contributed by atoms with E-state index >= 15 is 0 Å². The van der Waals surface area contributed by atoms with Gasteiger partial charge >= 0.3 is 6.18 Å². The summed E-state index contributed by atoms with van der Waals surface area (Å²) in [5, 5.41) is 6.34. The molecule has 1 aromatic heterocycles. The second kappa shape index (κ2) is 6.74. The molecule has 1 aliphatic heterocycles. The van der Waals surface area contributed by atoms with Gasteiger partial charge in [-0.05, 0) is 32.6 Å². The van der Waals surface area contributed by atoms with Crippen LogP contribution in [0, 0.1) is 6.92 Å². The van der Waals surface area contributed by atoms with Gasteiger partial charge in [0.05, 0.1) is 17.7 Å². The maximum Gasteiger partial charge on any atom is 0.435 e. The van der Waals surface area contributed by atoms with E-state index in [9.17, 15) is 18.0 Å². The molecule has 1 aromatic rings. The number of hydrogen-bond donors (Lipinski definition) is 1. The smallest absolute Gasteiger partial charge is 0.376 e. The van der Waals surface area contributed by atoms with Crippen molar-refractivity contribution < 1.29 is 22.7 Å². The highest BCUT2D eigenvalue weighted by atomic mass is 19.4. The number of nitrogens with zero attached hydrogens (tertiary/aromatic N) is 2. The van der Waals surface area contributed by atoms with Crippen LogP contribution in [0.3, 0.4) is 0 Å². The minimum absolute atomic E-state index is 0.0502. The average Bonchev–Trinajstić information content (AvgIpc) is 3.24. The first-order valence-corrected chi connectivity index (χ1v) is 8.44. The Bertz CT molecular complexity index is 600. The molecule has 24 heavy (non-hydrogen) atoms. The molecule has 1 amide bonds. The van der Waals surface area contributed by atoms with Crippen LogP contribution in [0.25, 0.3) is 0 Å². The standard InChI is InChI=1S/C16H22F3N3O2/c1-10-13(15(23)20-9-12-7-4-8-24-12)14(16(17,18)19)21-22(10)11-5-2-3-6-11/h11-12H,2-9H2,1H3,(H,20,23). The SMILES string of the molecule is Cc1c(C(=O)NCC2CCCO2)c(C(F)(F)F)nn1C1CCCC1. The van der Waals surface area contributed by atoms with Gasteiger partial charge in [0, 0.05) is 18.8 Å². The van der Waals surface area contributed by atoms with E-state index in [1.54, 1.807) is 6.92 Å². The second-order valence-corrected chi connectivity index (χ2v) is 6.53. The summed E-state index contributed by atoms with van der Waals surface area (Å²) in [5.41, 5.74) is -1.15. The van der Waals surface area contributed by atoms with E-state index in [0.29, 0.717) is 12.3 Å². The Hall–Kier alpha value is -1.57. The van der Waals surface area contributed by atoms with Gasteiger partial charge in [0.2, 0.25) is 0 Å². The number of ether oxygens (including phenoxy) is 1. The fourth-order valence-corrected chi connectivity index (χ4v) is 3.59. The third kappa shape index (κ3) is 3.43. The van der Waals surface area contributed by atoms with Gasteiger partial charge in [-0.1, -0.05) is 12.8 Å². The molecular formula is C16H22F3N3O2. The fraction of sp³-hybridized carbons (Fsp3) is 0.750. The van der Waals surface area contributed by atoms with Gasteiger partial charge < -0.3 is 10.1 Å². The van der Waals surface area contributed by atoms with Crippen molar-refractivity contribution in [2.45, 2.75) is 63.8 Å². The van der Waals surface area contributed by atoms with E-state index in [-0.39, 0.29) is 24.3 Å². The largest absolute Gasteiger partial charge is 0.435 e. The van der Waals surface area contributed by atoms with E-state index in [0.717, 1.165) is 38.5 Å². The molecule has 2 aliphatic rings. The summed E-state index contributed by atoms with van der Waals surface area (Å²) >= 11 is 0. The molecule has 1 N–H and O–H groups in total. The van der Waals surface area contributed by atoms with Crippen LogP contribution in [-0.4, -0.2) is 34.9 Å². The van der Waals surface area contributed by atoms with Gasteiger partial charge in [-0.3, -0.25) is 9.48 Å². The van der Waals surface area contributed by atoms with Crippen molar-refractivity contribution in [3.63, 3.8) is 0 Å². The van der Waals surface area contributed by atoms with Crippen LogP contribution in [0.2, 0.25) is 0 Å². The number of carbonyl (C=O) groups excluding carboxylic acids is 1. The lowest BCUT2D eigenvalue weighted by atomic mass is 10.1. The van der Waals surface area contributed by atoms with Crippen molar-refractivity contribution in [2.24, 2.45) is 0 Å². The Morgan fingerprint density at radius 1 is 1.29 bits per heavy atom. The number of alkyl halides is 3. The first-order valence-electron chi connectivity index (χ1n) is 8.44. The number of rotatable bonds is 4. The molecule has 1 atom stereocenters. The van der Waals surface area contributed by atoms with Crippen LogP contribution in [0.15, 0.2) is 0 Å². The predicted molar refractivity (Wildman–Crippen MR) is 80.8 cm³/mol. The lowest BCUT2D eigenvalue weighted by Crippen LogP contribution is -2.33. The molecule has 1 saturated heterocycles. The van der Waals surface area contributed by atoms with Crippen LogP contribution < -0.4 is 5.32 Å². The van der Waals surface area contributed by atoms with Gasteiger partial charge in [0.1, 0.15) is 0 Å². The maximum atomic E-state index is 13.3. The number of nitrogens with one attached hydrogen (secondary N) is 1. The summed E-state index contributed by atoms with van der Waals surface area (Å²) in [6, 6.07) is -0.0502. The third-order valence-electron chi connectivity index (χ3n) is 4.83. The summed E-state index contributed by atoms with van der Waals surface area (Å²) < 4.78 is 46.8. The monoisotopic (exact) mass is 345 g/mol. The molecule has 0 bridgehead atoms. The molecule has 134 valence electrons. The Kier molecular flexibility index (Phi) is 4.85. The Morgan fingerprint density at radius 2 is 2.00 bits per heavy atom. The predicted octanol–water partition coefficient (Wildman–Crippen LogP) is 3.23. The van der Waals surface area contributed by atoms with E-state index in [1.807, 2.05) is 0 Å². The maximum absolute atomic E-state index is 13.3. The molecule has 0 aromatic carbocycles. The number of amides is 1. The highest BCUT2D eigenvalue weighted by Crippen LogP contribution is 2.36. The number of halogens is 3. The normalized spacial score (nSPS) is 22.2. The summed E-state index contributed by atoms with van der Waals surface area (Å²) in [6.45, 7) is 2.40. The molecule has 0 spiro atoms. The number of carbonyl (C=O) groups is 1. The third-order valence-corrected chi connectivity index (χ3v) is 4.83. The minimum Gasteiger partial charge on any atom is -0.376 e. The topological polar surface area (TPSA) is 56.1 Å². The summed E-state index contributed by atoms with van der Waals surface area (Å²) in [4.78, 5) is 12.4. The molecular weight excluding hydrogens is 323 g/mol. The van der Waals surface area contributed by atoms with Crippen molar-refractivity contribution in [3.8, 4) is 0 Å². The molecule has 2 fully saturated rings. The number of hydrogen-bond acceptors (Lipinski definition) is 3. The lowest BCUT2D eigenvalue weighted by Gasteiger charge is -2.13. The Balaban J connectivity index is 1.84. The summed E-state index contributed by atoms with van der Waals surface area (Å²) in [6.07, 6.45) is 0.518. The first-order chi connectivity index (χ1) is 11.4. The van der Waals surface area contributed by atoms with Crippen LogP contribution in [0.1, 0.15) is 66.3 Å². The van der Waals surface area contributed by atoms with Gasteiger partial charge in [0.25, 0.3) is 5.91 Å².